The predicted octanol–water partition coefficient (Wildman–Crippen LogP) is 5.07. The van der Waals surface area contributed by atoms with Crippen LogP contribution in [0.2, 0.25) is 0 Å². The van der Waals surface area contributed by atoms with Crippen LogP contribution in [0.25, 0.3) is 11.1 Å². The molecule has 2 rings (SSSR count). The van der Waals surface area contributed by atoms with Gasteiger partial charge in [0.1, 0.15) is 0 Å². The first-order valence-corrected chi connectivity index (χ1v) is 6.31. The highest BCUT2D eigenvalue weighted by Crippen LogP contribution is 2.34. The molecule has 0 aliphatic heterocycles. The van der Waals surface area contributed by atoms with Crippen LogP contribution in [0, 0.1) is 6.07 Å². The van der Waals surface area contributed by atoms with Crippen molar-refractivity contribution in [2.75, 3.05) is 0 Å². The van der Waals surface area contributed by atoms with E-state index >= 15 is 0 Å². The molecule has 0 aliphatic rings. The SMILES string of the molecule is ClC(Cl)(Cl)Cc1c[c]ccc1-c1ccccc1. The second-order valence-corrected chi connectivity index (χ2v) is 6.26. The Bertz CT molecular complexity index is 486. The second-order valence-electron chi connectivity index (χ2n) is 3.74. The first-order valence-electron chi connectivity index (χ1n) is 5.17. The topological polar surface area (TPSA) is 0 Å². The Morgan fingerprint density at radius 3 is 2.35 bits per heavy atom. The average Bonchev–Trinajstić information content (AvgIpc) is 2.29. The Balaban J connectivity index is 2.41. The number of hydrogen-bond acceptors (Lipinski definition) is 0. The zero-order valence-corrected chi connectivity index (χ0v) is 11.2. The molecule has 2 aromatic rings. The van der Waals surface area contributed by atoms with Gasteiger partial charge in [-0.1, -0.05) is 83.3 Å². The van der Waals surface area contributed by atoms with E-state index in [9.17, 15) is 0 Å². The summed E-state index contributed by atoms with van der Waals surface area (Å²) < 4.78 is -1.28. The van der Waals surface area contributed by atoms with Crippen LogP contribution >= 0.6 is 34.8 Å². The maximum atomic E-state index is 5.84. The average molecular weight is 285 g/mol. The van der Waals surface area contributed by atoms with Gasteiger partial charge in [-0.3, -0.25) is 0 Å². The molecule has 0 unspecified atom stereocenters. The molecule has 17 heavy (non-hydrogen) atoms. The van der Waals surface area contributed by atoms with Crippen LogP contribution < -0.4 is 0 Å². The molecule has 1 radical (unpaired) electrons. The number of hydrogen-bond donors (Lipinski definition) is 0. The van der Waals surface area contributed by atoms with E-state index in [1.54, 1.807) is 0 Å². The van der Waals surface area contributed by atoms with Gasteiger partial charge in [0.15, 0.2) is 3.79 Å². The summed E-state index contributed by atoms with van der Waals surface area (Å²) in [5.74, 6) is 0. The summed E-state index contributed by atoms with van der Waals surface area (Å²) in [5, 5.41) is 0. The molecule has 0 fully saturated rings. The maximum Gasteiger partial charge on any atom is 0.194 e. The molecular weight excluding hydrogens is 275 g/mol. The van der Waals surface area contributed by atoms with Crippen LogP contribution in [0.3, 0.4) is 0 Å². The van der Waals surface area contributed by atoms with Crippen molar-refractivity contribution < 1.29 is 0 Å². The van der Waals surface area contributed by atoms with E-state index in [-0.39, 0.29) is 0 Å². The molecule has 0 heterocycles. The third kappa shape index (κ3) is 3.64. The standard InChI is InChI=1S/C14H10Cl3/c15-14(16,17)10-12-8-4-5-9-13(12)11-6-2-1-3-7-11/h1-3,5-9H,10H2. The summed E-state index contributed by atoms with van der Waals surface area (Å²) in [7, 11) is 0. The lowest BCUT2D eigenvalue weighted by Crippen LogP contribution is -2.07. The molecule has 0 aromatic heterocycles. The van der Waals surface area contributed by atoms with Gasteiger partial charge in [-0.25, -0.2) is 0 Å². The van der Waals surface area contributed by atoms with Gasteiger partial charge < -0.3 is 0 Å². The molecule has 2 aromatic carbocycles. The summed E-state index contributed by atoms with van der Waals surface area (Å²) in [4.78, 5) is 0. The van der Waals surface area contributed by atoms with E-state index < -0.39 is 3.79 Å². The van der Waals surface area contributed by atoms with Crippen LogP contribution in [-0.2, 0) is 6.42 Å². The van der Waals surface area contributed by atoms with E-state index in [1.807, 2.05) is 48.5 Å². The molecule has 0 saturated heterocycles. The highest BCUT2D eigenvalue weighted by Gasteiger charge is 2.21. The smallest absolute Gasteiger partial charge is 0.0833 e. The van der Waals surface area contributed by atoms with Crippen LogP contribution in [0.15, 0.2) is 48.5 Å². The fourth-order valence-electron chi connectivity index (χ4n) is 1.73. The van der Waals surface area contributed by atoms with Crippen molar-refractivity contribution in [1.29, 1.82) is 0 Å². The van der Waals surface area contributed by atoms with Gasteiger partial charge in [0.25, 0.3) is 0 Å². The first kappa shape index (κ1) is 12.8. The minimum absolute atomic E-state index is 0.374. The Morgan fingerprint density at radius 1 is 1.00 bits per heavy atom. The number of benzene rings is 2. The first-order chi connectivity index (χ1) is 8.06. The van der Waals surface area contributed by atoms with Crippen molar-refractivity contribution in [2.24, 2.45) is 0 Å². The van der Waals surface area contributed by atoms with Gasteiger partial charge in [-0.2, -0.15) is 0 Å². The van der Waals surface area contributed by atoms with Gasteiger partial charge in [0.2, 0.25) is 0 Å². The number of alkyl halides is 3. The quantitative estimate of drug-likeness (QED) is 0.676. The van der Waals surface area contributed by atoms with E-state index in [1.165, 1.54) is 0 Å². The van der Waals surface area contributed by atoms with Gasteiger partial charge >= 0.3 is 0 Å². The monoisotopic (exact) mass is 283 g/mol. The second kappa shape index (κ2) is 5.30. The van der Waals surface area contributed by atoms with Crippen molar-refractivity contribution >= 4 is 34.8 Å². The van der Waals surface area contributed by atoms with Gasteiger partial charge in [-0.15, -0.1) is 0 Å². The zero-order valence-electron chi connectivity index (χ0n) is 8.96. The maximum absolute atomic E-state index is 5.84. The molecule has 0 amide bonds. The largest absolute Gasteiger partial charge is 0.194 e. The highest BCUT2D eigenvalue weighted by atomic mass is 35.6. The minimum Gasteiger partial charge on any atom is -0.0833 e. The molecule has 0 aliphatic carbocycles. The lowest BCUT2D eigenvalue weighted by Gasteiger charge is -2.14. The van der Waals surface area contributed by atoms with Crippen LogP contribution in [0.5, 0.6) is 0 Å². The van der Waals surface area contributed by atoms with E-state index in [0.717, 1.165) is 16.7 Å². The van der Waals surface area contributed by atoms with E-state index in [2.05, 4.69) is 6.07 Å². The van der Waals surface area contributed by atoms with Crippen LogP contribution in [0.1, 0.15) is 5.56 Å². The fraction of sp³-hybridized carbons (Fsp3) is 0.143. The molecule has 87 valence electrons. The molecule has 0 atom stereocenters. The minimum atomic E-state index is -1.28. The van der Waals surface area contributed by atoms with Crippen molar-refractivity contribution in [2.45, 2.75) is 10.2 Å². The molecule has 0 nitrogen and oxygen atoms in total. The van der Waals surface area contributed by atoms with E-state index in [4.69, 9.17) is 34.8 Å². The van der Waals surface area contributed by atoms with Crippen molar-refractivity contribution in [3.8, 4) is 11.1 Å². The summed E-state index contributed by atoms with van der Waals surface area (Å²) >= 11 is 17.5. The van der Waals surface area contributed by atoms with Crippen molar-refractivity contribution in [3.05, 3.63) is 60.2 Å². The summed E-state index contributed by atoms with van der Waals surface area (Å²) in [6, 6.07) is 18.8. The van der Waals surface area contributed by atoms with Crippen LogP contribution in [0.4, 0.5) is 0 Å². The number of rotatable bonds is 2. The third-order valence-corrected chi connectivity index (χ3v) is 2.83. The lowest BCUT2D eigenvalue weighted by atomic mass is 9.98. The Morgan fingerprint density at radius 2 is 1.71 bits per heavy atom. The molecular formula is C14H10Cl3. The normalized spacial score (nSPS) is 11.5. The predicted molar refractivity (Wildman–Crippen MR) is 74.7 cm³/mol. The van der Waals surface area contributed by atoms with E-state index in [0.29, 0.717) is 6.42 Å². The summed E-state index contributed by atoms with van der Waals surface area (Å²) in [6.07, 6.45) is 0.374. The molecule has 0 spiro atoms. The lowest BCUT2D eigenvalue weighted by molar-refractivity contribution is 1.02. The van der Waals surface area contributed by atoms with Crippen molar-refractivity contribution in [1.82, 2.24) is 0 Å². The highest BCUT2D eigenvalue weighted by molar-refractivity contribution is 6.67. The summed E-state index contributed by atoms with van der Waals surface area (Å²) in [6.45, 7) is 0. The molecule has 0 N–H and O–H groups in total. The van der Waals surface area contributed by atoms with Gasteiger partial charge in [0.05, 0.1) is 0 Å². The van der Waals surface area contributed by atoms with Gasteiger partial charge in [-0.05, 0) is 22.8 Å². The Hall–Kier alpha value is -0.690. The molecule has 0 bridgehead atoms. The molecule has 0 saturated carbocycles. The fourth-order valence-corrected chi connectivity index (χ4v) is 2.16. The van der Waals surface area contributed by atoms with Gasteiger partial charge in [0, 0.05) is 6.42 Å². The zero-order chi connectivity index (χ0) is 12.3. The third-order valence-electron chi connectivity index (χ3n) is 2.43. The van der Waals surface area contributed by atoms with Crippen LogP contribution in [-0.4, -0.2) is 3.79 Å². The molecule has 3 heteroatoms. The Labute approximate surface area is 116 Å². The van der Waals surface area contributed by atoms with Crippen molar-refractivity contribution in [3.63, 3.8) is 0 Å². The number of halogens is 3. The summed E-state index contributed by atoms with van der Waals surface area (Å²) in [5.41, 5.74) is 3.18. The Kier molecular flexibility index (Phi) is 3.98.